The van der Waals surface area contributed by atoms with Crippen molar-refractivity contribution in [2.75, 3.05) is 19.6 Å². The molecule has 1 aliphatic carbocycles. The van der Waals surface area contributed by atoms with E-state index >= 15 is 0 Å². The van der Waals surface area contributed by atoms with Crippen molar-refractivity contribution in [2.45, 2.75) is 38.3 Å². The van der Waals surface area contributed by atoms with Crippen molar-refractivity contribution in [3.8, 4) is 10.7 Å². The summed E-state index contributed by atoms with van der Waals surface area (Å²) < 4.78 is 0. The zero-order valence-electron chi connectivity index (χ0n) is 13.4. The van der Waals surface area contributed by atoms with Gasteiger partial charge in [0.1, 0.15) is 5.01 Å². The molecular weight excluding hydrogens is 304 g/mol. The predicted octanol–water partition coefficient (Wildman–Crippen LogP) is 3.17. The second-order valence-corrected chi connectivity index (χ2v) is 7.62. The van der Waals surface area contributed by atoms with Crippen molar-refractivity contribution in [3.05, 3.63) is 35.5 Å². The van der Waals surface area contributed by atoms with Gasteiger partial charge in [0, 0.05) is 37.3 Å². The molecule has 2 fully saturated rings. The first-order valence-corrected chi connectivity index (χ1v) is 9.56. The molecule has 0 aromatic carbocycles. The number of aromatic nitrogens is 2. The number of piperidine rings is 1. The minimum absolute atomic E-state index is 0.728. The average Bonchev–Trinajstić information content (AvgIpc) is 3.32. The summed E-state index contributed by atoms with van der Waals surface area (Å²) in [7, 11) is 0. The molecule has 0 spiro atoms. The number of likely N-dealkylation sites (tertiary alicyclic amines) is 1. The number of hydrogen-bond acceptors (Lipinski definition) is 5. The Morgan fingerprint density at radius 2 is 2.04 bits per heavy atom. The van der Waals surface area contributed by atoms with E-state index in [1.807, 2.05) is 24.4 Å². The van der Waals surface area contributed by atoms with Crippen LogP contribution in [-0.4, -0.2) is 40.5 Å². The normalized spacial score (nSPS) is 20.0. The van der Waals surface area contributed by atoms with Crippen LogP contribution in [-0.2, 0) is 6.54 Å². The van der Waals surface area contributed by atoms with Gasteiger partial charge in [0.15, 0.2) is 0 Å². The molecule has 3 heterocycles. The maximum absolute atomic E-state index is 4.76. The fourth-order valence-corrected chi connectivity index (χ4v) is 3.95. The molecule has 122 valence electrons. The smallest absolute Gasteiger partial charge is 0.142 e. The van der Waals surface area contributed by atoms with Gasteiger partial charge in [-0.25, -0.2) is 4.98 Å². The van der Waals surface area contributed by atoms with E-state index in [2.05, 4.69) is 20.6 Å². The molecule has 0 amide bonds. The summed E-state index contributed by atoms with van der Waals surface area (Å²) in [5.74, 6) is 0.980. The van der Waals surface area contributed by atoms with E-state index < -0.39 is 0 Å². The van der Waals surface area contributed by atoms with Crippen LogP contribution in [0.1, 0.15) is 31.4 Å². The molecule has 4 nitrogen and oxygen atoms in total. The highest BCUT2D eigenvalue weighted by Crippen LogP contribution is 2.28. The van der Waals surface area contributed by atoms with E-state index in [9.17, 15) is 0 Å². The van der Waals surface area contributed by atoms with Crippen molar-refractivity contribution in [1.29, 1.82) is 0 Å². The fraction of sp³-hybridized carbons (Fsp3) is 0.556. The highest BCUT2D eigenvalue weighted by atomic mass is 32.1. The Hall–Kier alpha value is -1.30. The molecule has 1 saturated heterocycles. The Kier molecular flexibility index (Phi) is 4.69. The summed E-state index contributed by atoms with van der Waals surface area (Å²) in [4.78, 5) is 11.7. The number of nitrogens with zero attached hydrogens (tertiary/aromatic N) is 3. The van der Waals surface area contributed by atoms with Gasteiger partial charge in [0.25, 0.3) is 0 Å². The van der Waals surface area contributed by atoms with E-state index in [0.29, 0.717) is 0 Å². The van der Waals surface area contributed by atoms with Crippen molar-refractivity contribution < 1.29 is 0 Å². The molecule has 23 heavy (non-hydrogen) atoms. The molecule has 0 radical (unpaired) electrons. The Balaban J connectivity index is 1.27. The minimum atomic E-state index is 0.728. The SMILES string of the molecule is c1ccc(-c2nc(CN3CCC(NCC4CC4)CC3)cs2)nc1. The Bertz CT molecular complexity index is 615. The number of pyridine rings is 1. The van der Waals surface area contributed by atoms with Crippen LogP contribution in [0.5, 0.6) is 0 Å². The van der Waals surface area contributed by atoms with Gasteiger partial charge < -0.3 is 5.32 Å². The molecular formula is C18H24N4S. The fourth-order valence-electron chi connectivity index (χ4n) is 3.17. The third-order valence-corrected chi connectivity index (χ3v) is 5.71. The van der Waals surface area contributed by atoms with Gasteiger partial charge >= 0.3 is 0 Å². The monoisotopic (exact) mass is 328 g/mol. The first kappa shape index (κ1) is 15.2. The number of nitrogens with one attached hydrogen (secondary N) is 1. The van der Waals surface area contributed by atoms with Gasteiger partial charge in [-0.3, -0.25) is 9.88 Å². The molecule has 1 saturated carbocycles. The van der Waals surface area contributed by atoms with Gasteiger partial charge in [-0.1, -0.05) is 6.07 Å². The Morgan fingerprint density at radius 3 is 2.78 bits per heavy atom. The van der Waals surface area contributed by atoms with E-state index in [-0.39, 0.29) is 0 Å². The van der Waals surface area contributed by atoms with Gasteiger partial charge in [0.05, 0.1) is 11.4 Å². The second kappa shape index (κ2) is 7.07. The third-order valence-electron chi connectivity index (χ3n) is 4.80. The lowest BCUT2D eigenvalue weighted by Crippen LogP contribution is -2.42. The second-order valence-electron chi connectivity index (χ2n) is 6.76. The lowest BCUT2D eigenvalue weighted by atomic mass is 10.0. The first-order chi connectivity index (χ1) is 11.4. The van der Waals surface area contributed by atoms with Crippen LogP contribution in [0.25, 0.3) is 10.7 Å². The zero-order valence-corrected chi connectivity index (χ0v) is 14.3. The molecule has 2 aromatic rings. The van der Waals surface area contributed by atoms with Crippen LogP contribution in [0.3, 0.4) is 0 Å². The van der Waals surface area contributed by atoms with Crippen LogP contribution in [0.2, 0.25) is 0 Å². The molecule has 2 aromatic heterocycles. The summed E-state index contributed by atoms with van der Waals surface area (Å²) >= 11 is 1.70. The minimum Gasteiger partial charge on any atom is -0.314 e. The van der Waals surface area contributed by atoms with E-state index in [1.54, 1.807) is 11.3 Å². The van der Waals surface area contributed by atoms with E-state index in [4.69, 9.17) is 4.98 Å². The summed E-state index contributed by atoms with van der Waals surface area (Å²) in [5, 5.41) is 6.96. The summed E-state index contributed by atoms with van der Waals surface area (Å²) in [6.07, 6.45) is 7.24. The maximum Gasteiger partial charge on any atom is 0.142 e. The molecule has 1 N–H and O–H groups in total. The van der Waals surface area contributed by atoms with Crippen LogP contribution < -0.4 is 5.32 Å². The highest BCUT2D eigenvalue weighted by Gasteiger charge is 2.24. The summed E-state index contributed by atoms with van der Waals surface area (Å²) in [5.41, 5.74) is 2.16. The molecule has 5 heteroatoms. The molecule has 0 atom stereocenters. The lowest BCUT2D eigenvalue weighted by Gasteiger charge is -2.32. The Morgan fingerprint density at radius 1 is 1.17 bits per heavy atom. The zero-order chi connectivity index (χ0) is 15.5. The van der Waals surface area contributed by atoms with Crippen molar-refractivity contribution in [2.24, 2.45) is 5.92 Å². The largest absolute Gasteiger partial charge is 0.314 e. The average molecular weight is 328 g/mol. The Labute approximate surface area is 142 Å². The van der Waals surface area contributed by atoms with Gasteiger partial charge in [-0.15, -0.1) is 11.3 Å². The molecule has 0 unspecified atom stereocenters. The third kappa shape index (κ3) is 4.16. The first-order valence-electron chi connectivity index (χ1n) is 8.68. The summed E-state index contributed by atoms with van der Waals surface area (Å²) in [6, 6.07) is 6.72. The van der Waals surface area contributed by atoms with Gasteiger partial charge in [0.2, 0.25) is 0 Å². The molecule has 0 bridgehead atoms. The van der Waals surface area contributed by atoms with Crippen LogP contribution in [0.4, 0.5) is 0 Å². The van der Waals surface area contributed by atoms with Crippen LogP contribution in [0.15, 0.2) is 29.8 Å². The molecule has 4 rings (SSSR count). The van der Waals surface area contributed by atoms with E-state index in [0.717, 1.165) is 29.2 Å². The van der Waals surface area contributed by atoms with Crippen molar-refractivity contribution in [3.63, 3.8) is 0 Å². The van der Waals surface area contributed by atoms with Gasteiger partial charge in [-0.05, 0) is 50.3 Å². The van der Waals surface area contributed by atoms with Crippen molar-refractivity contribution >= 4 is 11.3 Å². The standard InChI is InChI=1S/C18H24N4S/c1-2-8-19-17(3-1)18-21-16(13-23-18)12-22-9-6-15(7-10-22)20-11-14-4-5-14/h1-3,8,13-15,20H,4-7,9-12H2. The highest BCUT2D eigenvalue weighted by molar-refractivity contribution is 7.13. The van der Waals surface area contributed by atoms with Crippen LogP contribution in [0, 0.1) is 5.92 Å². The molecule has 1 aliphatic heterocycles. The quantitative estimate of drug-likeness (QED) is 0.884. The topological polar surface area (TPSA) is 41.1 Å². The molecule has 2 aliphatic rings. The van der Waals surface area contributed by atoms with Crippen molar-refractivity contribution in [1.82, 2.24) is 20.2 Å². The van der Waals surface area contributed by atoms with Crippen LogP contribution >= 0.6 is 11.3 Å². The predicted molar refractivity (Wildman–Crippen MR) is 94.4 cm³/mol. The number of rotatable bonds is 6. The lowest BCUT2D eigenvalue weighted by molar-refractivity contribution is 0.188. The van der Waals surface area contributed by atoms with E-state index in [1.165, 1.54) is 51.0 Å². The maximum atomic E-state index is 4.76. The summed E-state index contributed by atoms with van der Waals surface area (Å²) in [6.45, 7) is 4.57. The number of hydrogen-bond donors (Lipinski definition) is 1. The van der Waals surface area contributed by atoms with Gasteiger partial charge in [-0.2, -0.15) is 0 Å². The number of thiazole rings is 1.